The van der Waals surface area contributed by atoms with Gasteiger partial charge in [0.25, 0.3) is 5.91 Å². The predicted octanol–water partition coefficient (Wildman–Crippen LogP) is 3.99. The summed E-state index contributed by atoms with van der Waals surface area (Å²) in [5.74, 6) is -1.36. The molecule has 2 aromatic heterocycles. The van der Waals surface area contributed by atoms with E-state index in [2.05, 4.69) is 15.0 Å². The van der Waals surface area contributed by atoms with Crippen LogP contribution in [0, 0.1) is 5.92 Å². The van der Waals surface area contributed by atoms with Gasteiger partial charge in [-0.2, -0.15) is 0 Å². The molecule has 1 aliphatic heterocycles. The molecule has 0 saturated heterocycles. The smallest absolute Gasteiger partial charge is 0.294 e. The maximum atomic E-state index is 13.3. The molecule has 1 fully saturated rings. The van der Waals surface area contributed by atoms with E-state index in [1.807, 2.05) is 36.4 Å². The van der Waals surface area contributed by atoms with Crippen LogP contribution in [0.3, 0.4) is 0 Å². The van der Waals surface area contributed by atoms with Crippen LogP contribution in [-0.4, -0.2) is 31.7 Å². The number of para-hydroxylation sites is 1. The van der Waals surface area contributed by atoms with Gasteiger partial charge in [-0.25, -0.2) is 4.98 Å². The number of fused-ring (bicyclic) bond motifs is 2. The molecule has 1 aliphatic carbocycles. The van der Waals surface area contributed by atoms with Gasteiger partial charge in [-0.1, -0.05) is 24.3 Å². The Labute approximate surface area is 177 Å². The second-order valence-corrected chi connectivity index (χ2v) is 8.00. The average Bonchev–Trinajstić information content (AvgIpc) is 3.49. The van der Waals surface area contributed by atoms with E-state index < -0.39 is 17.7 Å². The summed E-state index contributed by atoms with van der Waals surface area (Å²) in [4.78, 5) is 39.8. The minimum Gasteiger partial charge on any atom is -0.503 e. The number of ketones is 1. The van der Waals surface area contributed by atoms with Crippen molar-refractivity contribution in [2.24, 2.45) is 5.92 Å². The number of carbonyl (C=O) groups is 2. The number of aliphatic hydroxyl groups is 1. The fourth-order valence-corrected chi connectivity index (χ4v) is 4.40. The second kappa shape index (κ2) is 6.50. The van der Waals surface area contributed by atoms with Crippen molar-refractivity contribution < 1.29 is 14.7 Å². The average molecular weight is 410 g/mol. The molecular weight excluding hydrogens is 392 g/mol. The Morgan fingerprint density at radius 1 is 1.10 bits per heavy atom. The lowest BCUT2D eigenvalue weighted by atomic mass is 9.92. The number of amides is 1. The first-order valence-corrected chi connectivity index (χ1v) is 10.2. The summed E-state index contributed by atoms with van der Waals surface area (Å²) in [6.45, 7) is 0. The Balaban J connectivity index is 1.59. The Hall–Kier alpha value is -4.00. The van der Waals surface area contributed by atoms with E-state index in [1.165, 1.54) is 4.90 Å². The monoisotopic (exact) mass is 410 g/mol. The molecule has 4 aromatic rings. The number of aromatic nitrogens is 3. The van der Waals surface area contributed by atoms with Gasteiger partial charge in [-0.15, -0.1) is 0 Å². The molecule has 0 radical (unpaired) electrons. The van der Waals surface area contributed by atoms with Crippen molar-refractivity contribution >= 4 is 39.3 Å². The second-order valence-electron chi connectivity index (χ2n) is 8.00. The van der Waals surface area contributed by atoms with Crippen LogP contribution in [0.1, 0.15) is 24.4 Å². The SMILES string of the molecule is O=C(C1=C(O)C(=O)N(c2ccc3[nH]cnc3c2)C1c1cccc2cccnc12)C1CC1. The zero-order valence-electron chi connectivity index (χ0n) is 16.4. The number of H-pyrrole nitrogens is 1. The fraction of sp³-hybridized carbons (Fsp3) is 0.167. The Morgan fingerprint density at radius 2 is 1.94 bits per heavy atom. The van der Waals surface area contributed by atoms with E-state index in [0.717, 1.165) is 23.7 Å². The van der Waals surface area contributed by atoms with Gasteiger partial charge < -0.3 is 10.1 Å². The Bertz CT molecular complexity index is 1410. The number of Topliss-reactive ketones (excluding diaryl/α,β-unsaturated/α-hetero) is 1. The van der Waals surface area contributed by atoms with Crippen LogP contribution in [-0.2, 0) is 9.59 Å². The third kappa shape index (κ3) is 2.66. The van der Waals surface area contributed by atoms with Gasteiger partial charge in [-0.3, -0.25) is 19.5 Å². The molecule has 1 atom stereocenters. The zero-order chi connectivity index (χ0) is 21.1. The van der Waals surface area contributed by atoms with Gasteiger partial charge in [0.1, 0.15) is 0 Å². The van der Waals surface area contributed by atoms with Crippen molar-refractivity contribution in [2.45, 2.75) is 18.9 Å². The number of imidazole rings is 1. The lowest BCUT2D eigenvalue weighted by Gasteiger charge is -2.27. The summed E-state index contributed by atoms with van der Waals surface area (Å²) < 4.78 is 0. The highest BCUT2D eigenvalue weighted by Crippen LogP contribution is 2.46. The predicted molar refractivity (Wildman–Crippen MR) is 115 cm³/mol. The van der Waals surface area contributed by atoms with Crippen molar-refractivity contribution in [3.8, 4) is 0 Å². The summed E-state index contributed by atoms with van der Waals surface area (Å²) in [5, 5.41) is 11.7. The number of rotatable bonds is 4. The van der Waals surface area contributed by atoms with E-state index in [-0.39, 0.29) is 17.3 Å². The van der Waals surface area contributed by atoms with Crippen molar-refractivity contribution in [2.75, 3.05) is 4.90 Å². The quantitative estimate of drug-likeness (QED) is 0.530. The molecular formula is C24H18N4O3. The number of carbonyl (C=O) groups excluding carboxylic acids is 2. The summed E-state index contributed by atoms with van der Waals surface area (Å²) in [5.41, 5.74) is 3.67. The number of anilines is 1. The van der Waals surface area contributed by atoms with Gasteiger partial charge in [0.15, 0.2) is 11.5 Å². The molecule has 2 N–H and O–H groups in total. The van der Waals surface area contributed by atoms with Crippen LogP contribution in [0.25, 0.3) is 21.9 Å². The van der Waals surface area contributed by atoms with Crippen molar-refractivity contribution in [1.82, 2.24) is 15.0 Å². The molecule has 1 amide bonds. The Kier molecular flexibility index (Phi) is 3.74. The molecule has 0 spiro atoms. The topological polar surface area (TPSA) is 99.2 Å². The molecule has 152 valence electrons. The fourth-order valence-electron chi connectivity index (χ4n) is 4.40. The van der Waals surface area contributed by atoms with Crippen LogP contribution in [0.4, 0.5) is 5.69 Å². The number of nitrogens with zero attached hydrogens (tertiary/aromatic N) is 3. The molecule has 2 aliphatic rings. The van der Waals surface area contributed by atoms with Crippen molar-refractivity contribution in [3.05, 3.63) is 78.0 Å². The first kappa shape index (κ1) is 17.8. The zero-order valence-corrected chi connectivity index (χ0v) is 16.4. The number of hydrogen-bond donors (Lipinski definition) is 2. The van der Waals surface area contributed by atoms with Gasteiger partial charge in [0.05, 0.1) is 34.5 Å². The molecule has 1 saturated carbocycles. The highest BCUT2D eigenvalue weighted by molar-refractivity contribution is 6.18. The molecule has 6 rings (SSSR count). The number of aliphatic hydroxyl groups excluding tert-OH is 1. The molecule has 3 heterocycles. The molecule has 7 heteroatoms. The van der Waals surface area contributed by atoms with Crippen LogP contribution in [0.2, 0.25) is 0 Å². The highest BCUT2D eigenvalue weighted by atomic mass is 16.3. The molecule has 7 nitrogen and oxygen atoms in total. The maximum absolute atomic E-state index is 13.3. The summed E-state index contributed by atoms with van der Waals surface area (Å²) in [6, 6.07) is 14.1. The van der Waals surface area contributed by atoms with Gasteiger partial charge in [0, 0.05) is 28.8 Å². The number of nitrogens with one attached hydrogen (secondary N) is 1. The number of aromatic amines is 1. The normalized spacial score (nSPS) is 19.0. The maximum Gasteiger partial charge on any atom is 0.294 e. The van der Waals surface area contributed by atoms with E-state index in [9.17, 15) is 14.7 Å². The van der Waals surface area contributed by atoms with Crippen LogP contribution >= 0.6 is 0 Å². The summed E-state index contributed by atoms with van der Waals surface area (Å²) >= 11 is 0. The Morgan fingerprint density at radius 3 is 2.77 bits per heavy atom. The van der Waals surface area contributed by atoms with Gasteiger partial charge in [-0.05, 0) is 37.1 Å². The van der Waals surface area contributed by atoms with Crippen LogP contribution < -0.4 is 4.90 Å². The third-order valence-corrected chi connectivity index (χ3v) is 6.06. The molecule has 31 heavy (non-hydrogen) atoms. The third-order valence-electron chi connectivity index (χ3n) is 6.06. The largest absolute Gasteiger partial charge is 0.503 e. The number of pyridine rings is 1. The van der Waals surface area contributed by atoms with Gasteiger partial charge in [0.2, 0.25) is 0 Å². The van der Waals surface area contributed by atoms with Gasteiger partial charge >= 0.3 is 0 Å². The van der Waals surface area contributed by atoms with E-state index in [1.54, 1.807) is 24.7 Å². The molecule has 2 aromatic carbocycles. The van der Waals surface area contributed by atoms with Crippen molar-refractivity contribution in [3.63, 3.8) is 0 Å². The van der Waals surface area contributed by atoms with Crippen molar-refractivity contribution in [1.29, 1.82) is 0 Å². The number of hydrogen-bond acceptors (Lipinski definition) is 5. The van der Waals surface area contributed by atoms with E-state index >= 15 is 0 Å². The molecule has 1 unspecified atom stereocenters. The molecule has 0 bridgehead atoms. The minimum absolute atomic E-state index is 0.135. The van der Waals surface area contributed by atoms with E-state index in [0.29, 0.717) is 22.3 Å². The highest BCUT2D eigenvalue weighted by Gasteiger charge is 2.48. The summed E-state index contributed by atoms with van der Waals surface area (Å²) in [6.07, 6.45) is 4.84. The van der Waals surface area contributed by atoms with Crippen LogP contribution in [0.15, 0.2) is 72.4 Å². The summed E-state index contributed by atoms with van der Waals surface area (Å²) in [7, 11) is 0. The standard InChI is InChI=1S/C24H18N4O3/c29-22(14-6-7-14)19-21(16-5-1-3-13-4-2-10-25-20(13)16)28(24(31)23(19)30)15-8-9-17-18(11-15)27-12-26-17/h1-5,8-12,14,21,30H,6-7H2,(H,26,27). The lowest BCUT2D eigenvalue weighted by molar-refractivity contribution is -0.118. The van der Waals surface area contributed by atoms with E-state index in [4.69, 9.17) is 0 Å². The van der Waals surface area contributed by atoms with Crippen LogP contribution in [0.5, 0.6) is 0 Å². The lowest BCUT2D eigenvalue weighted by Crippen LogP contribution is -2.31. The number of benzene rings is 2. The first-order chi connectivity index (χ1) is 15.1. The first-order valence-electron chi connectivity index (χ1n) is 10.2. The minimum atomic E-state index is -0.754.